The van der Waals surface area contributed by atoms with Crippen molar-refractivity contribution in [2.45, 2.75) is 26.2 Å². The Morgan fingerprint density at radius 1 is 1.50 bits per heavy atom. The molecule has 4 nitrogen and oxygen atoms in total. The molecule has 0 saturated carbocycles. The highest BCUT2D eigenvalue weighted by Gasteiger charge is 2.26. The summed E-state index contributed by atoms with van der Waals surface area (Å²) >= 11 is 0. The summed E-state index contributed by atoms with van der Waals surface area (Å²) in [7, 11) is 0. The first-order valence-corrected chi connectivity index (χ1v) is 7.28. The molecule has 0 radical (unpaired) electrons. The smallest absolute Gasteiger partial charge is 0.111 e. The molecule has 1 atom stereocenters. The number of likely N-dealkylation sites (tertiary alicyclic amines) is 1. The van der Waals surface area contributed by atoms with Crippen LogP contribution in [0.1, 0.15) is 37.6 Å². The summed E-state index contributed by atoms with van der Waals surface area (Å²) in [6, 6.07) is 7.80. The van der Waals surface area contributed by atoms with E-state index in [9.17, 15) is 0 Å². The second-order valence-corrected chi connectivity index (χ2v) is 6.10. The number of benzene rings is 1. The van der Waals surface area contributed by atoms with Crippen molar-refractivity contribution in [1.82, 2.24) is 14.9 Å². The van der Waals surface area contributed by atoms with E-state index in [1.807, 2.05) is 18.2 Å². The zero-order chi connectivity index (χ0) is 14.1. The predicted octanol–water partition coefficient (Wildman–Crippen LogP) is 2.88. The summed E-state index contributed by atoms with van der Waals surface area (Å²) in [6.45, 7) is 7.93. The lowest BCUT2D eigenvalue weighted by atomic mass is 10.1. The van der Waals surface area contributed by atoms with Crippen molar-refractivity contribution < 1.29 is 0 Å². The van der Waals surface area contributed by atoms with E-state index < -0.39 is 0 Å². The van der Waals surface area contributed by atoms with Crippen molar-refractivity contribution in [3.05, 3.63) is 29.6 Å². The third-order valence-electron chi connectivity index (χ3n) is 3.91. The summed E-state index contributed by atoms with van der Waals surface area (Å²) in [4.78, 5) is 10.6. The van der Waals surface area contributed by atoms with Crippen LogP contribution in [0, 0.1) is 17.2 Å². The number of aromatic nitrogens is 2. The highest BCUT2D eigenvalue weighted by molar-refractivity contribution is 5.76. The van der Waals surface area contributed by atoms with Crippen LogP contribution in [-0.4, -0.2) is 34.5 Å². The van der Waals surface area contributed by atoms with Gasteiger partial charge < -0.3 is 9.88 Å². The predicted molar refractivity (Wildman–Crippen MR) is 79.4 cm³/mol. The molecule has 0 aliphatic carbocycles. The Morgan fingerprint density at radius 3 is 3.10 bits per heavy atom. The summed E-state index contributed by atoms with van der Waals surface area (Å²) in [6.07, 6.45) is 1.16. The molecule has 1 aromatic carbocycles. The minimum atomic E-state index is 0.492. The second kappa shape index (κ2) is 5.26. The fourth-order valence-corrected chi connectivity index (χ4v) is 3.03. The third kappa shape index (κ3) is 2.54. The van der Waals surface area contributed by atoms with Gasteiger partial charge >= 0.3 is 0 Å². The minimum absolute atomic E-state index is 0.492. The maximum atomic E-state index is 8.94. The maximum Gasteiger partial charge on any atom is 0.111 e. The van der Waals surface area contributed by atoms with Crippen molar-refractivity contribution in [1.29, 1.82) is 5.26 Å². The Kier molecular flexibility index (Phi) is 3.45. The van der Waals surface area contributed by atoms with Crippen LogP contribution in [0.4, 0.5) is 0 Å². The first kappa shape index (κ1) is 13.1. The highest BCUT2D eigenvalue weighted by atomic mass is 15.2. The van der Waals surface area contributed by atoms with Crippen molar-refractivity contribution >= 4 is 11.0 Å². The molecule has 1 aromatic heterocycles. The Hall–Kier alpha value is -1.86. The molecule has 3 rings (SSSR count). The second-order valence-electron chi connectivity index (χ2n) is 6.10. The van der Waals surface area contributed by atoms with Gasteiger partial charge in [0.1, 0.15) is 5.82 Å². The van der Waals surface area contributed by atoms with Crippen molar-refractivity contribution in [3.63, 3.8) is 0 Å². The van der Waals surface area contributed by atoms with E-state index in [1.54, 1.807) is 0 Å². The van der Waals surface area contributed by atoms with Crippen LogP contribution < -0.4 is 0 Å². The lowest BCUT2D eigenvalue weighted by Crippen LogP contribution is -2.25. The van der Waals surface area contributed by atoms with E-state index in [0.717, 1.165) is 42.9 Å². The van der Waals surface area contributed by atoms with Crippen molar-refractivity contribution in [3.8, 4) is 6.07 Å². The van der Waals surface area contributed by atoms with Crippen LogP contribution >= 0.6 is 0 Å². The standard InChI is InChI=1S/C16H20N4/c1-11(2)9-20-6-5-13(10-20)16-18-14-4-3-12(8-17)7-15(14)19-16/h3-4,7,11,13H,5-6,9-10H2,1-2H3,(H,18,19)/t13-/m0/s1. The molecule has 1 fully saturated rings. The number of rotatable bonds is 3. The lowest BCUT2D eigenvalue weighted by molar-refractivity contribution is 0.294. The average molecular weight is 268 g/mol. The average Bonchev–Trinajstić information content (AvgIpc) is 3.02. The van der Waals surface area contributed by atoms with Gasteiger partial charge in [-0.25, -0.2) is 4.98 Å². The lowest BCUT2D eigenvalue weighted by Gasteiger charge is -2.17. The zero-order valence-corrected chi connectivity index (χ0v) is 12.1. The van der Waals surface area contributed by atoms with E-state index >= 15 is 0 Å². The van der Waals surface area contributed by atoms with Crippen molar-refractivity contribution in [2.75, 3.05) is 19.6 Å². The number of fused-ring (bicyclic) bond motifs is 1. The Labute approximate surface area is 119 Å². The molecular weight excluding hydrogens is 248 g/mol. The quantitative estimate of drug-likeness (QED) is 0.931. The maximum absolute atomic E-state index is 8.94. The van der Waals surface area contributed by atoms with E-state index in [0.29, 0.717) is 17.4 Å². The van der Waals surface area contributed by atoms with Gasteiger partial charge in [-0.3, -0.25) is 0 Å². The van der Waals surface area contributed by atoms with E-state index in [4.69, 9.17) is 10.2 Å². The van der Waals surface area contributed by atoms with Crippen LogP contribution in [0.15, 0.2) is 18.2 Å². The van der Waals surface area contributed by atoms with Crippen LogP contribution in [0.2, 0.25) is 0 Å². The molecule has 2 aromatic rings. The molecule has 104 valence electrons. The zero-order valence-electron chi connectivity index (χ0n) is 12.1. The van der Waals surface area contributed by atoms with Gasteiger partial charge in [-0.15, -0.1) is 0 Å². The topological polar surface area (TPSA) is 55.7 Å². The number of aromatic amines is 1. The van der Waals surface area contributed by atoms with Crippen LogP contribution in [-0.2, 0) is 0 Å². The van der Waals surface area contributed by atoms with E-state index in [1.165, 1.54) is 0 Å². The Morgan fingerprint density at radius 2 is 2.35 bits per heavy atom. The molecule has 1 N–H and O–H groups in total. The van der Waals surface area contributed by atoms with Crippen LogP contribution in [0.5, 0.6) is 0 Å². The molecular formula is C16H20N4. The minimum Gasteiger partial charge on any atom is -0.342 e. The summed E-state index contributed by atoms with van der Waals surface area (Å²) in [5.74, 6) is 2.27. The first-order valence-electron chi connectivity index (χ1n) is 7.28. The Bertz CT molecular complexity index is 650. The highest BCUT2D eigenvalue weighted by Crippen LogP contribution is 2.27. The van der Waals surface area contributed by atoms with Gasteiger partial charge in [0, 0.05) is 19.0 Å². The largest absolute Gasteiger partial charge is 0.342 e. The Balaban J connectivity index is 1.80. The molecule has 1 saturated heterocycles. The molecule has 1 aliphatic rings. The van der Waals surface area contributed by atoms with Gasteiger partial charge in [0.2, 0.25) is 0 Å². The monoisotopic (exact) mass is 268 g/mol. The van der Waals surface area contributed by atoms with Gasteiger partial charge in [0.15, 0.2) is 0 Å². The number of imidazole rings is 1. The summed E-state index contributed by atoms with van der Waals surface area (Å²) in [5, 5.41) is 8.94. The first-order chi connectivity index (χ1) is 9.65. The summed E-state index contributed by atoms with van der Waals surface area (Å²) < 4.78 is 0. The molecule has 20 heavy (non-hydrogen) atoms. The van der Waals surface area contributed by atoms with Crippen molar-refractivity contribution in [2.24, 2.45) is 5.92 Å². The normalized spacial score (nSPS) is 19.8. The van der Waals surface area contributed by atoms with Gasteiger partial charge in [0.05, 0.1) is 22.7 Å². The molecule has 0 spiro atoms. The van der Waals surface area contributed by atoms with Crippen LogP contribution in [0.25, 0.3) is 11.0 Å². The molecule has 0 bridgehead atoms. The number of nitriles is 1. The number of H-pyrrole nitrogens is 1. The molecule has 1 aliphatic heterocycles. The third-order valence-corrected chi connectivity index (χ3v) is 3.91. The number of hydrogen-bond donors (Lipinski definition) is 1. The summed E-state index contributed by atoms with van der Waals surface area (Å²) in [5.41, 5.74) is 2.61. The van der Waals surface area contributed by atoms with E-state index in [-0.39, 0.29) is 0 Å². The van der Waals surface area contributed by atoms with Crippen LogP contribution in [0.3, 0.4) is 0 Å². The SMILES string of the molecule is CC(C)CN1CC[C@H](c2nc3ccc(C#N)cc3[nH]2)C1. The van der Waals surface area contributed by atoms with Gasteiger partial charge in [-0.05, 0) is 37.1 Å². The number of nitrogens with one attached hydrogen (secondary N) is 1. The molecule has 0 unspecified atom stereocenters. The fraction of sp³-hybridized carbons (Fsp3) is 0.500. The van der Waals surface area contributed by atoms with Gasteiger partial charge in [0.25, 0.3) is 0 Å². The molecule has 2 heterocycles. The van der Waals surface area contributed by atoms with Gasteiger partial charge in [-0.2, -0.15) is 5.26 Å². The van der Waals surface area contributed by atoms with E-state index in [2.05, 4.69) is 29.8 Å². The van der Waals surface area contributed by atoms with Gasteiger partial charge in [-0.1, -0.05) is 13.8 Å². The molecule has 4 heteroatoms. The number of nitrogens with zero attached hydrogens (tertiary/aromatic N) is 3. The molecule has 0 amide bonds. The fourth-order valence-electron chi connectivity index (χ4n) is 3.03. The number of hydrogen-bond acceptors (Lipinski definition) is 3.